The van der Waals surface area contributed by atoms with E-state index in [4.69, 9.17) is 0 Å². The second-order valence-corrected chi connectivity index (χ2v) is 4.20. The zero-order valence-electron chi connectivity index (χ0n) is 10.5. The fraction of sp³-hybridized carbons (Fsp3) is 0.235. The van der Waals surface area contributed by atoms with Gasteiger partial charge in [-0.1, -0.05) is 48.8 Å². The first-order valence-electron chi connectivity index (χ1n) is 6.10. The zero-order chi connectivity index (χ0) is 12.1. The van der Waals surface area contributed by atoms with E-state index in [0.29, 0.717) is 0 Å². The summed E-state index contributed by atoms with van der Waals surface area (Å²) in [6.07, 6.45) is 8.38. The summed E-state index contributed by atoms with van der Waals surface area (Å²) in [6.45, 7) is 4.31. The summed E-state index contributed by atoms with van der Waals surface area (Å²) in [5.41, 5.74) is 5.05. The minimum absolute atomic E-state index is 0.851. The molecule has 2 rings (SSSR count). The normalized spacial score (nSPS) is 16.6. The lowest BCUT2D eigenvalue weighted by Crippen LogP contribution is -1.88. The van der Waals surface area contributed by atoms with E-state index < -0.39 is 0 Å². The molecule has 0 spiro atoms. The molecule has 1 aliphatic rings. The summed E-state index contributed by atoms with van der Waals surface area (Å²) in [6, 6.07) is 8.52. The molecular weight excluding hydrogens is 204 g/mol. The van der Waals surface area contributed by atoms with E-state index >= 15 is 0 Å². The second kappa shape index (κ2) is 5.46. The molecule has 1 aromatic rings. The third-order valence-electron chi connectivity index (χ3n) is 2.97. The van der Waals surface area contributed by atoms with Crippen molar-refractivity contribution in [3.8, 4) is 11.8 Å². The summed E-state index contributed by atoms with van der Waals surface area (Å²) < 4.78 is 0. The molecular formula is C17H17-. The van der Waals surface area contributed by atoms with Crippen molar-refractivity contribution in [2.24, 2.45) is 0 Å². The Morgan fingerprint density at radius 3 is 3.00 bits per heavy atom. The van der Waals surface area contributed by atoms with Crippen LogP contribution in [-0.4, -0.2) is 0 Å². The third-order valence-corrected chi connectivity index (χ3v) is 2.97. The van der Waals surface area contributed by atoms with Crippen LogP contribution in [0.15, 0.2) is 41.5 Å². The molecule has 0 heteroatoms. The molecule has 0 fully saturated rings. The van der Waals surface area contributed by atoms with Crippen molar-refractivity contribution in [2.45, 2.75) is 26.7 Å². The first kappa shape index (κ1) is 11.6. The number of rotatable bonds is 2. The van der Waals surface area contributed by atoms with Gasteiger partial charge in [0.05, 0.1) is 0 Å². The Labute approximate surface area is 104 Å². The number of hydrogen-bond acceptors (Lipinski definition) is 0. The molecule has 0 aliphatic heterocycles. The summed E-state index contributed by atoms with van der Waals surface area (Å²) in [4.78, 5) is 0. The highest BCUT2D eigenvalue weighted by Crippen LogP contribution is 2.19. The van der Waals surface area contributed by atoms with E-state index in [1.54, 1.807) is 0 Å². The minimum atomic E-state index is 0.851. The van der Waals surface area contributed by atoms with Gasteiger partial charge in [0.1, 0.15) is 0 Å². The predicted octanol–water partition coefficient (Wildman–Crippen LogP) is 4.19. The largest absolute Gasteiger partial charge is 0.223 e. The van der Waals surface area contributed by atoms with Crippen LogP contribution < -0.4 is 0 Å². The summed E-state index contributed by atoms with van der Waals surface area (Å²) in [5.74, 6) is 6.40. The fourth-order valence-corrected chi connectivity index (χ4v) is 1.93. The van der Waals surface area contributed by atoms with Crippen molar-refractivity contribution < 1.29 is 0 Å². The Hall–Kier alpha value is -1.87. The average Bonchev–Trinajstić information content (AvgIpc) is 2.56. The van der Waals surface area contributed by atoms with Crippen molar-refractivity contribution in [1.29, 1.82) is 0 Å². The highest BCUT2D eigenvalue weighted by atomic mass is 14.1. The molecule has 0 nitrogen and oxygen atoms in total. The van der Waals surface area contributed by atoms with E-state index in [-0.39, 0.29) is 0 Å². The molecule has 0 atom stereocenters. The van der Waals surface area contributed by atoms with Gasteiger partial charge in [-0.3, -0.25) is 0 Å². The standard InChI is InChI=1S/C17H17/c1-3-15-10-7-8-12-17(15)13-16-11-6-4-5-9-14(16)2/h5,7-10,12-13H,3-4H2,1-2H3/q-1. The maximum atomic E-state index is 3.24. The van der Waals surface area contributed by atoms with Crippen LogP contribution in [0.5, 0.6) is 0 Å². The number of benzene rings is 1. The van der Waals surface area contributed by atoms with E-state index in [0.717, 1.165) is 18.4 Å². The second-order valence-electron chi connectivity index (χ2n) is 4.20. The summed E-state index contributed by atoms with van der Waals surface area (Å²) in [7, 11) is 0. The highest BCUT2D eigenvalue weighted by molar-refractivity contribution is 5.67. The molecule has 86 valence electrons. The van der Waals surface area contributed by atoms with Crippen LogP contribution >= 0.6 is 0 Å². The summed E-state index contributed by atoms with van der Waals surface area (Å²) >= 11 is 0. The van der Waals surface area contributed by atoms with Gasteiger partial charge in [-0.05, 0) is 24.0 Å². The number of hydrogen-bond donors (Lipinski definition) is 0. The van der Waals surface area contributed by atoms with Gasteiger partial charge in [-0.2, -0.15) is 5.57 Å². The molecule has 0 amide bonds. The van der Waals surface area contributed by atoms with Crippen molar-refractivity contribution in [3.63, 3.8) is 0 Å². The topological polar surface area (TPSA) is 0 Å². The maximum absolute atomic E-state index is 3.24. The quantitative estimate of drug-likeness (QED) is 0.519. The van der Waals surface area contributed by atoms with Crippen molar-refractivity contribution in [1.82, 2.24) is 0 Å². The molecule has 0 aromatic heterocycles. The molecule has 0 bridgehead atoms. The minimum Gasteiger partial charge on any atom is -0.223 e. The zero-order valence-corrected chi connectivity index (χ0v) is 10.5. The fourth-order valence-electron chi connectivity index (χ4n) is 1.93. The Morgan fingerprint density at radius 1 is 1.35 bits per heavy atom. The smallest absolute Gasteiger partial charge is 0.0228 e. The molecule has 0 unspecified atom stereocenters. The Bertz CT molecular complexity index is 518. The molecule has 1 aromatic carbocycles. The van der Waals surface area contributed by atoms with Gasteiger partial charge in [0.25, 0.3) is 0 Å². The van der Waals surface area contributed by atoms with E-state index in [1.807, 2.05) is 0 Å². The lowest BCUT2D eigenvalue weighted by Gasteiger charge is -2.09. The van der Waals surface area contributed by atoms with Gasteiger partial charge < -0.3 is 0 Å². The van der Waals surface area contributed by atoms with Crippen LogP contribution in [-0.2, 0) is 6.42 Å². The molecule has 0 saturated heterocycles. The van der Waals surface area contributed by atoms with Gasteiger partial charge in [0.2, 0.25) is 0 Å². The van der Waals surface area contributed by atoms with Crippen LogP contribution in [0.2, 0.25) is 0 Å². The van der Waals surface area contributed by atoms with Crippen LogP contribution in [0, 0.1) is 18.3 Å². The molecule has 0 heterocycles. The molecule has 1 aliphatic carbocycles. The van der Waals surface area contributed by atoms with Gasteiger partial charge >= 0.3 is 0 Å². The van der Waals surface area contributed by atoms with E-state index in [1.165, 1.54) is 16.7 Å². The van der Waals surface area contributed by atoms with Crippen LogP contribution in [0.25, 0.3) is 6.08 Å². The Balaban J connectivity index is 2.43. The SMILES string of the molecule is CCc1ccccc1C=C1C#CC[CH-]C=C1C. The lowest BCUT2D eigenvalue weighted by atomic mass is 10.00. The molecule has 0 N–H and O–H groups in total. The van der Waals surface area contributed by atoms with Crippen molar-refractivity contribution >= 4 is 6.08 Å². The van der Waals surface area contributed by atoms with Gasteiger partial charge in [0.15, 0.2) is 0 Å². The van der Waals surface area contributed by atoms with E-state index in [9.17, 15) is 0 Å². The predicted molar refractivity (Wildman–Crippen MR) is 74.2 cm³/mol. The van der Waals surface area contributed by atoms with Crippen molar-refractivity contribution in [3.05, 3.63) is 59.0 Å². The van der Waals surface area contributed by atoms with Crippen LogP contribution in [0.1, 0.15) is 31.4 Å². The number of allylic oxidation sites excluding steroid dienone is 3. The summed E-state index contributed by atoms with van der Waals surface area (Å²) in [5, 5.41) is 0. The first-order valence-corrected chi connectivity index (χ1v) is 6.10. The molecule has 17 heavy (non-hydrogen) atoms. The Morgan fingerprint density at radius 2 is 2.18 bits per heavy atom. The van der Waals surface area contributed by atoms with Gasteiger partial charge in [-0.15, -0.1) is 12.8 Å². The third kappa shape index (κ3) is 2.82. The first-order chi connectivity index (χ1) is 8.31. The van der Waals surface area contributed by atoms with Crippen LogP contribution in [0.3, 0.4) is 0 Å². The molecule has 0 radical (unpaired) electrons. The lowest BCUT2D eigenvalue weighted by molar-refractivity contribution is 1.13. The molecule has 0 saturated carbocycles. The van der Waals surface area contributed by atoms with Gasteiger partial charge in [0, 0.05) is 0 Å². The number of aryl methyl sites for hydroxylation is 1. The maximum Gasteiger partial charge on any atom is -0.0228 e. The average molecular weight is 221 g/mol. The van der Waals surface area contributed by atoms with Gasteiger partial charge in [-0.25, -0.2) is 12.5 Å². The van der Waals surface area contributed by atoms with Crippen molar-refractivity contribution in [2.75, 3.05) is 0 Å². The van der Waals surface area contributed by atoms with E-state index in [2.05, 4.69) is 68.5 Å². The highest BCUT2D eigenvalue weighted by Gasteiger charge is 1.98. The Kier molecular flexibility index (Phi) is 3.73. The monoisotopic (exact) mass is 221 g/mol. The van der Waals surface area contributed by atoms with Crippen LogP contribution in [0.4, 0.5) is 0 Å².